The summed E-state index contributed by atoms with van der Waals surface area (Å²) in [5.41, 5.74) is -0.374. The van der Waals surface area contributed by atoms with Gasteiger partial charge in [-0.2, -0.15) is 0 Å². The first-order valence-electron chi connectivity index (χ1n) is 4.21. The lowest BCUT2D eigenvalue weighted by atomic mass is 10.1. The minimum atomic E-state index is -0.374. The maximum absolute atomic E-state index is 11.7. The molecule has 1 aliphatic carbocycles. The Morgan fingerprint density at radius 3 is 3.00 bits per heavy atom. The van der Waals surface area contributed by atoms with Gasteiger partial charge in [-0.25, -0.2) is 0 Å². The molecule has 0 N–H and O–H groups in total. The van der Waals surface area contributed by atoms with E-state index >= 15 is 0 Å². The van der Waals surface area contributed by atoms with Crippen LogP contribution in [0.15, 0.2) is 17.5 Å². The maximum Gasteiger partial charge on any atom is 0.176 e. The van der Waals surface area contributed by atoms with Gasteiger partial charge in [0.05, 0.1) is 4.88 Å². The Kier molecular flexibility index (Phi) is 1.84. The number of carbonyl (C=O) groups excluding carboxylic acids is 2. The van der Waals surface area contributed by atoms with E-state index in [1.165, 1.54) is 11.3 Å². The highest BCUT2D eigenvalue weighted by atomic mass is 32.1. The van der Waals surface area contributed by atoms with Gasteiger partial charge in [0.1, 0.15) is 6.29 Å². The lowest BCUT2D eigenvalue weighted by Crippen LogP contribution is -2.08. The second-order valence-corrected chi connectivity index (χ2v) is 4.67. The van der Waals surface area contributed by atoms with E-state index in [0.717, 1.165) is 11.2 Å². The van der Waals surface area contributed by atoms with E-state index < -0.39 is 0 Å². The molecule has 68 valence electrons. The SMILES string of the molecule is CC1(C=O)CC1C(=O)c1cccs1. The van der Waals surface area contributed by atoms with Crippen LogP contribution >= 0.6 is 11.3 Å². The average Bonchev–Trinajstić information content (AvgIpc) is 2.62. The topological polar surface area (TPSA) is 34.1 Å². The van der Waals surface area contributed by atoms with Crippen LogP contribution in [0.4, 0.5) is 0 Å². The summed E-state index contributed by atoms with van der Waals surface area (Å²) in [6.45, 7) is 1.84. The molecule has 1 aromatic rings. The van der Waals surface area contributed by atoms with Crippen LogP contribution in [0, 0.1) is 11.3 Å². The second kappa shape index (κ2) is 2.77. The second-order valence-electron chi connectivity index (χ2n) is 3.72. The number of hydrogen-bond donors (Lipinski definition) is 0. The highest BCUT2D eigenvalue weighted by molar-refractivity contribution is 7.12. The molecule has 2 rings (SSSR count). The van der Waals surface area contributed by atoms with Crippen molar-refractivity contribution in [2.24, 2.45) is 11.3 Å². The summed E-state index contributed by atoms with van der Waals surface area (Å²) in [6.07, 6.45) is 1.62. The van der Waals surface area contributed by atoms with Crippen molar-refractivity contribution in [2.75, 3.05) is 0 Å². The first kappa shape index (κ1) is 8.63. The standard InChI is InChI=1S/C10H10O2S/c1-10(6-11)5-7(10)9(12)8-3-2-4-13-8/h2-4,6-7H,5H2,1H3. The zero-order valence-electron chi connectivity index (χ0n) is 7.32. The van der Waals surface area contributed by atoms with E-state index in [2.05, 4.69) is 0 Å². The van der Waals surface area contributed by atoms with Crippen molar-refractivity contribution in [3.63, 3.8) is 0 Å². The van der Waals surface area contributed by atoms with E-state index in [-0.39, 0.29) is 17.1 Å². The van der Waals surface area contributed by atoms with E-state index in [1.54, 1.807) is 0 Å². The van der Waals surface area contributed by atoms with Crippen LogP contribution in [-0.2, 0) is 4.79 Å². The Bertz CT molecular complexity index is 342. The minimum Gasteiger partial charge on any atom is -0.303 e. The van der Waals surface area contributed by atoms with Gasteiger partial charge in [-0.1, -0.05) is 13.0 Å². The average molecular weight is 194 g/mol. The zero-order valence-corrected chi connectivity index (χ0v) is 8.14. The summed E-state index contributed by atoms with van der Waals surface area (Å²) < 4.78 is 0. The first-order chi connectivity index (χ1) is 6.17. The molecule has 0 saturated heterocycles. The molecule has 0 bridgehead atoms. The molecule has 13 heavy (non-hydrogen) atoms. The molecule has 1 heterocycles. The van der Waals surface area contributed by atoms with Crippen LogP contribution in [0.5, 0.6) is 0 Å². The third-order valence-electron chi connectivity index (χ3n) is 2.63. The lowest BCUT2D eigenvalue weighted by Gasteiger charge is -1.98. The summed E-state index contributed by atoms with van der Waals surface area (Å²) in [6, 6.07) is 3.68. The Balaban J connectivity index is 2.14. The van der Waals surface area contributed by atoms with Gasteiger partial charge in [-0.15, -0.1) is 11.3 Å². The molecule has 1 aliphatic rings. The number of aldehydes is 1. The molecular weight excluding hydrogens is 184 g/mol. The predicted molar refractivity (Wildman–Crippen MR) is 50.9 cm³/mol. The van der Waals surface area contributed by atoms with Crippen LogP contribution in [-0.4, -0.2) is 12.1 Å². The molecule has 3 heteroatoms. The van der Waals surface area contributed by atoms with Crippen molar-refractivity contribution in [1.82, 2.24) is 0 Å². The lowest BCUT2D eigenvalue weighted by molar-refractivity contribution is -0.112. The molecule has 0 spiro atoms. The van der Waals surface area contributed by atoms with Gasteiger partial charge in [-0.3, -0.25) is 4.79 Å². The number of ketones is 1. The van der Waals surface area contributed by atoms with E-state index in [9.17, 15) is 9.59 Å². The zero-order chi connectivity index (χ0) is 9.47. The quantitative estimate of drug-likeness (QED) is 0.545. The van der Waals surface area contributed by atoms with Crippen LogP contribution in [0.1, 0.15) is 23.0 Å². The van der Waals surface area contributed by atoms with Crippen molar-refractivity contribution in [1.29, 1.82) is 0 Å². The molecular formula is C10H10O2S. The number of hydrogen-bond acceptors (Lipinski definition) is 3. The summed E-state index contributed by atoms with van der Waals surface area (Å²) in [5.74, 6) is 0.0632. The molecule has 1 aromatic heterocycles. The van der Waals surface area contributed by atoms with E-state index in [1.807, 2.05) is 24.4 Å². The first-order valence-corrected chi connectivity index (χ1v) is 5.09. The van der Waals surface area contributed by atoms with Crippen LogP contribution < -0.4 is 0 Å². The van der Waals surface area contributed by atoms with Gasteiger partial charge < -0.3 is 4.79 Å². The van der Waals surface area contributed by atoms with E-state index in [0.29, 0.717) is 6.42 Å². The fraction of sp³-hybridized carbons (Fsp3) is 0.400. The van der Waals surface area contributed by atoms with Gasteiger partial charge in [-0.05, 0) is 17.9 Å². The molecule has 2 nitrogen and oxygen atoms in total. The van der Waals surface area contributed by atoms with Crippen molar-refractivity contribution < 1.29 is 9.59 Å². The third kappa shape index (κ3) is 1.33. The molecule has 2 atom stereocenters. The minimum absolute atomic E-state index is 0.0661. The maximum atomic E-state index is 11.7. The number of thiophene rings is 1. The Labute approximate surface area is 80.6 Å². The summed E-state index contributed by atoms with van der Waals surface area (Å²) >= 11 is 1.45. The molecule has 0 aliphatic heterocycles. The summed E-state index contributed by atoms with van der Waals surface area (Å²) in [7, 11) is 0. The smallest absolute Gasteiger partial charge is 0.176 e. The number of carbonyl (C=O) groups is 2. The van der Waals surface area contributed by atoms with Crippen molar-refractivity contribution in [3.8, 4) is 0 Å². The van der Waals surface area contributed by atoms with Crippen molar-refractivity contribution in [3.05, 3.63) is 22.4 Å². The van der Waals surface area contributed by atoms with Crippen LogP contribution in [0.3, 0.4) is 0 Å². The molecule has 1 saturated carbocycles. The largest absolute Gasteiger partial charge is 0.303 e. The highest BCUT2D eigenvalue weighted by Crippen LogP contribution is 2.52. The monoisotopic (exact) mass is 194 g/mol. The van der Waals surface area contributed by atoms with E-state index in [4.69, 9.17) is 0 Å². The van der Waals surface area contributed by atoms with Crippen LogP contribution in [0.25, 0.3) is 0 Å². The Hall–Kier alpha value is -0.960. The highest BCUT2D eigenvalue weighted by Gasteiger charge is 2.54. The summed E-state index contributed by atoms with van der Waals surface area (Å²) in [4.78, 5) is 23.1. The fourth-order valence-electron chi connectivity index (χ4n) is 1.49. The Morgan fingerprint density at radius 2 is 2.54 bits per heavy atom. The van der Waals surface area contributed by atoms with Gasteiger partial charge in [0.15, 0.2) is 5.78 Å². The molecule has 0 amide bonds. The van der Waals surface area contributed by atoms with Gasteiger partial charge >= 0.3 is 0 Å². The fourth-order valence-corrected chi connectivity index (χ4v) is 2.21. The summed E-state index contributed by atoms with van der Waals surface area (Å²) in [5, 5.41) is 1.88. The third-order valence-corrected chi connectivity index (χ3v) is 3.51. The van der Waals surface area contributed by atoms with Gasteiger partial charge in [0.2, 0.25) is 0 Å². The van der Waals surface area contributed by atoms with Crippen LogP contribution in [0.2, 0.25) is 0 Å². The van der Waals surface area contributed by atoms with Gasteiger partial charge in [0.25, 0.3) is 0 Å². The van der Waals surface area contributed by atoms with Crippen molar-refractivity contribution >= 4 is 23.4 Å². The molecule has 0 radical (unpaired) electrons. The molecule has 0 aromatic carbocycles. The number of rotatable bonds is 3. The van der Waals surface area contributed by atoms with Gasteiger partial charge in [0, 0.05) is 11.3 Å². The molecule has 1 fully saturated rings. The Morgan fingerprint density at radius 1 is 1.77 bits per heavy atom. The number of Topliss-reactive ketones (excluding diaryl/α,β-unsaturated/α-hetero) is 1. The molecule has 2 unspecified atom stereocenters. The van der Waals surface area contributed by atoms with Crippen molar-refractivity contribution in [2.45, 2.75) is 13.3 Å². The predicted octanol–water partition coefficient (Wildman–Crippen LogP) is 2.16. The normalized spacial score (nSPS) is 31.3.